The molecule has 1 heteroatoms. The Balaban J connectivity index is 1.72. The second-order valence-corrected chi connectivity index (χ2v) is 7.02. The summed E-state index contributed by atoms with van der Waals surface area (Å²) in [4.78, 5) is 2.68. The van der Waals surface area contributed by atoms with E-state index in [2.05, 4.69) is 72.5 Å². The lowest BCUT2D eigenvalue weighted by atomic mass is 9.85. The molecule has 0 aliphatic carbocycles. The van der Waals surface area contributed by atoms with Gasteiger partial charge in [0.1, 0.15) is 0 Å². The number of nitrogens with zero attached hydrogens (tertiary/aromatic N) is 1. The van der Waals surface area contributed by atoms with Crippen molar-refractivity contribution in [3.63, 3.8) is 0 Å². The molecule has 3 rings (SSSR count). The molecule has 1 aliphatic heterocycles. The third-order valence-electron chi connectivity index (χ3n) is 5.20. The molecule has 0 radical (unpaired) electrons. The molecule has 0 aromatic heterocycles. The zero-order valence-electron chi connectivity index (χ0n) is 14.3. The van der Waals surface area contributed by atoms with Gasteiger partial charge in [-0.3, -0.25) is 0 Å². The molecule has 1 nitrogen and oxygen atoms in total. The minimum absolute atomic E-state index is 0.603. The van der Waals surface area contributed by atoms with E-state index in [-0.39, 0.29) is 0 Å². The van der Waals surface area contributed by atoms with E-state index < -0.39 is 0 Å². The van der Waals surface area contributed by atoms with Gasteiger partial charge in [-0.15, -0.1) is 0 Å². The summed E-state index contributed by atoms with van der Waals surface area (Å²) in [7, 11) is 0. The summed E-state index contributed by atoms with van der Waals surface area (Å²) in [6.45, 7) is 6.15. The molecule has 122 valence electrons. The average Bonchev–Trinajstić information content (AvgIpc) is 2.63. The van der Waals surface area contributed by atoms with Gasteiger partial charge < -0.3 is 4.90 Å². The van der Waals surface area contributed by atoms with Crippen molar-refractivity contribution in [2.75, 3.05) is 19.6 Å². The fourth-order valence-corrected chi connectivity index (χ4v) is 3.84. The van der Waals surface area contributed by atoms with E-state index in [1.165, 1.54) is 56.4 Å². The van der Waals surface area contributed by atoms with Crippen LogP contribution in [0.25, 0.3) is 0 Å². The predicted octanol–water partition coefficient (Wildman–Crippen LogP) is 5.45. The maximum atomic E-state index is 2.68. The lowest BCUT2D eigenvalue weighted by Crippen LogP contribution is -2.33. The van der Waals surface area contributed by atoms with Crippen LogP contribution in [0.5, 0.6) is 0 Å². The molecule has 2 atom stereocenters. The SMILES string of the molecule is C[C@@H](C[C@H](CN1CCCCC1)c1ccccc1)c1ccccc1. The Morgan fingerprint density at radius 3 is 1.96 bits per heavy atom. The Hall–Kier alpha value is -1.60. The summed E-state index contributed by atoms with van der Waals surface area (Å²) < 4.78 is 0. The normalized spacial score (nSPS) is 18.5. The first-order valence-corrected chi connectivity index (χ1v) is 9.15. The summed E-state index contributed by atoms with van der Waals surface area (Å²) in [5.41, 5.74) is 2.97. The van der Waals surface area contributed by atoms with Crippen LogP contribution in [-0.2, 0) is 0 Å². The molecule has 1 fully saturated rings. The van der Waals surface area contributed by atoms with Crippen molar-refractivity contribution < 1.29 is 0 Å². The summed E-state index contributed by atoms with van der Waals surface area (Å²) in [6, 6.07) is 22.1. The van der Waals surface area contributed by atoms with Gasteiger partial charge in [-0.25, -0.2) is 0 Å². The molecule has 2 aromatic rings. The van der Waals surface area contributed by atoms with Crippen LogP contribution >= 0.6 is 0 Å². The van der Waals surface area contributed by atoms with E-state index in [4.69, 9.17) is 0 Å². The second kappa shape index (κ2) is 8.31. The van der Waals surface area contributed by atoms with Crippen LogP contribution in [0.15, 0.2) is 60.7 Å². The molecular formula is C22H29N. The molecule has 23 heavy (non-hydrogen) atoms. The number of likely N-dealkylation sites (tertiary alicyclic amines) is 1. The molecular weight excluding hydrogens is 278 g/mol. The Morgan fingerprint density at radius 1 is 0.783 bits per heavy atom. The van der Waals surface area contributed by atoms with Crippen molar-refractivity contribution in [2.24, 2.45) is 0 Å². The average molecular weight is 307 g/mol. The van der Waals surface area contributed by atoms with Crippen molar-refractivity contribution in [1.29, 1.82) is 0 Å². The van der Waals surface area contributed by atoms with Gasteiger partial charge >= 0.3 is 0 Å². The molecule has 1 heterocycles. The highest BCUT2D eigenvalue weighted by atomic mass is 15.1. The van der Waals surface area contributed by atoms with Crippen LogP contribution in [0.3, 0.4) is 0 Å². The van der Waals surface area contributed by atoms with E-state index in [1.54, 1.807) is 0 Å². The lowest BCUT2D eigenvalue weighted by Gasteiger charge is -2.32. The van der Waals surface area contributed by atoms with Crippen molar-refractivity contribution in [3.8, 4) is 0 Å². The highest BCUT2D eigenvalue weighted by molar-refractivity contribution is 5.23. The molecule has 0 unspecified atom stereocenters. The lowest BCUT2D eigenvalue weighted by molar-refractivity contribution is 0.210. The van der Waals surface area contributed by atoms with Gasteiger partial charge in [0, 0.05) is 6.54 Å². The van der Waals surface area contributed by atoms with Gasteiger partial charge in [0.15, 0.2) is 0 Å². The number of benzene rings is 2. The van der Waals surface area contributed by atoms with E-state index in [0.717, 1.165) is 0 Å². The van der Waals surface area contributed by atoms with E-state index in [0.29, 0.717) is 11.8 Å². The Kier molecular flexibility index (Phi) is 5.87. The van der Waals surface area contributed by atoms with Crippen molar-refractivity contribution >= 4 is 0 Å². The first-order valence-electron chi connectivity index (χ1n) is 9.15. The van der Waals surface area contributed by atoms with Gasteiger partial charge in [0.25, 0.3) is 0 Å². The molecule has 0 spiro atoms. The van der Waals surface area contributed by atoms with Gasteiger partial charge in [0.2, 0.25) is 0 Å². The zero-order valence-corrected chi connectivity index (χ0v) is 14.3. The first kappa shape index (κ1) is 16.3. The molecule has 0 bridgehead atoms. The van der Waals surface area contributed by atoms with Crippen LogP contribution in [0.1, 0.15) is 55.6 Å². The minimum Gasteiger partial charge on any atom is -0.303 e. The largest absolute Gasteiger partial charge is 0.303 e. The summed E-state index contributed by atoms with van der Waals surface area (Å²) in [5.74, 6) is 1.23. The zero-order chi connectivity index (χ0) is 15.9. The van der Waals surface area contributed by atoms with Crippen molar-refractivity contribution in [2.45, 2.75) is 44.4 Å². The maximum Gasteiger partial charge on any atom is 0.00505 e. The highest BCUT2D eigenvalue weighted by Crippen LogP contribution is 2.31. The fourth-order valence-electron chi connectivity index (χ4n) is 3.84. The van der Waals surface area contributed by atoms with Crippen molar-refractivity contribution in [3.05, 3.63) is 71.8 Å². The summed E-state index contributed by atoms with van der Waals surface area (Å²) in [5, 5.41) is 0. The summed E-state index contributed by atoms with van der Waals surface area (Å²) in [6.07, 6.45) is 5.38. The molecule has 2 aromatic carbocycles. The highest BCUT2D eigenvalue weighted by Gasteiger charge is 2.20. The van der Waals surface area contributed by atoms with Crippen LogP contribution < -0.4 is 0 Å². The molecule has 1 saturated heterocycles. The Morgan fingerprint density at radius 2 is 1.35 bits per heavy atom. The van der Waals surface area contributed by atoms with E-state index in [1.807, 2.05) is 0 Å². The third-order valence-corrected chi connectivity index (χ3v) is 5.20. The Bertz CT molecular complexity index is 557. The minimum atomic E-state index is 0.603. The first-order chi connectivity index (χ1) is 11.3. The topological polar surface area (TPSA) is 3.24 Å². The number of hydrogen-bond donors (Lipinski definition) is 0. The molecule has 0 N–H and O–H groups in total. The molecule has 0 amide bonds. The predicted molar refractivity (Wildman–Crippen MR) is 98.9 cm³/mol. The van der Waals surface area contributed by atoms with Gasteiger partial charge in [-0.05, 0) is 55.3 Å². The van der Waals surface area contributed by atoms with Crippen molar-refractivity contribution in [1.82, 2.24) is 4.90 Å². The quantitative estimate of drug-likeness (QED) is 0.686. The van der Waals surface area contributed by atoms with E-state index >= 15 is 0 Å². The van der Waals surface area contributed by atoms with Crippen LogP contribution in [0, 0.1) is 0 Å². The summed E-state index contributed by atoms with van der Waals surface area (Å²) >= 11 is 0. The van der Waals surface area contributed by atoms with Gasteiger partial charge in [0.05, 0.1) is 0 Å². The Labute approximate surface area is 141 Å². The maximum absolute atomic E-state index is 2.68. The number of piperidine rings is 1. The van der Waals surface area contributed by atoms with Crippen LogP contribution in [0.4, 0.5) is 0 Å². The fraction of sp³-hybridized carbons (Fsp3) is 0.455. The monoisotopic (exact) mass is 307 g/mol. The van der Waals surface area contributed by atoms with Crippen LogP contribution in [0.2, 0.25) is 0 Å². The third kappa shape index (κ3) is 4.68. The standard InChI is InChI=1S/C22H29N/c1-19(20-11-5-2-6-12-20)17-22(21-13-7-3-8-14-21)18-23-15-9-4-10-16-23/h2-3,5-8,11-14,19,22H,4,9-10,15-18H2,1H3/t19-,22+/m0/s1. The number of rotatable bonds is 6. The smallest absolute Gasteiger partial charge is 0.00505 e. The van der Waals surface area contributed by atoms with Gasteiger partial charge in [-0.2, -0.15) is 0 Å². The van der Waals surface area contributed by atoms with Gasteiger partial charge in [-0.1, -0.05) is 74.0 Å². The molecule has 1 aliphatic rings. The van der Waals surface area contributed by atoms with Crippen LogP contribution in [-0.4, -0.2) is 24.5 Å². The molecule has 0 saturated carbocycles. The second-order valence-electron chi connectivity index (χ2n) is 7.02. The number of hydrogen-bond acceptors (Lipinski definition) is 1. The van der Waals surface area contributed by atoms with E-state index in [9.17, 15) is 0 Å².